The Morgan fingerprint density at radius 2 is 1.88 bits per heavy atom. The third kappa shape index (κ3) is 2.35. The molecule has 0 aliphatic carbocycles. The van der Waals surface area contributed by atoms with Crippen LogP contribution in [0.3, 0.4) is 0 Å². The Kier molecular flexibility index (Phi) is 3.67. The summed E-state index contributed by atoms with van der Waals surface area (Å²) in [7, 11) is 0. The van der Waals surface area contributed by atoms with E-state index in [4.69, 9.17) is 17.3 Å². The first-order chi connectivity index (χ1) is 11.4. The summed E-state index contributed by atoms with van der Waals surface area (Å²) in [4.78, 5) is 22.9. The highest BCUT2D eigenvalue weighted by molar-refractivity contribution is 6.31. The number of nitriles is 1. The number of benzene rings is 2. The molecule has 8 heteroatoms. The number of aromatic nitrogens is 1. The van der Waals surface area contributed by atoms with Gasteiger partial charge in [-0.2, -0.15) is 5.26 Å². The summed E-state index contributed by atoms with van der Waals surface area (Å²) < 4.78 is 1.28. The molecular formula is C16H9ClN4O3. The van der Waals surface area contributed by atoms with Gasteiger partial charge in [-0.15, -0.1) is 0 Å². The van der Waals surface area contributed by atoms with Crippen LogP contribution in [0.1, 0.15) is 5.56 Å². The second-order valence-electron chi connectivity index (χ2n) is 4.98. The molecule has 3 aromatic rings. The van der Waals surface area contributed by atoms with E-state index in [-0.39, 0.29) is 16.9 Å². The number of anilines is 1. The Morgan fingerprint density at radius 1 is 1.21 bits per heavy atom. The molecule has 0 unspecified atom stereocenters. The Morgan fingerprint density at radius 3 is 2.46 bits per heavy atom. The van der Waals surface area contributed by atoms with E-state index in [2.05, 4.69) is 0 Å². The number of nitrogens with two attached hydrogens (primary N) is 1. The minimum Gasteiger partial charge on any atom is -0.397 e. The van der Waals surface area contributed by atoms with Gasteiger partial charge < -0.3 is 5.73 Å². The van der Waals surface area contributed by atoms with Crippen molar-refractivity contribution in [2.24, 2.45) is 0 Å². The number of pyridine rings is 1. The van der Waals surface area contributed by atoms with E-state index in [9.17, 15) is 20.2 Å². The normalized spacial score (nSPS) is 10.5. The van der Waals surface area contributed by atoms with Crippen LogP contribution in [0.15, 0.2) is 47.3 Å². The van der Waals surface area contributed by atoms with Gasteiger partial charge in [0.2, 0.25) is 0 Å². The molecule has 118 valence electrons. The molecule has 0 bridgehead atoms. The third-order valence-corrected chi connectivity index (χ3v) is 3.84. The third-order valence-electron chi connectivity index (χ3n) is 3.61. The number of hydrogen-bond donors (Lipinski definition) is 1. The van der Waals surface area contributed by atoms with Gasteiger partial charge in [-0.3, -0.25) is 19.5 Å². The predicted octanol–water partition coefficient (Wildman–Crippen LogP) is 3.01. The minimum absolute atomic E-state index is 0.0539. The van der Waals surface area contributed by atoms with E-state index in [0.29, 0.717) is 21.6 Å². The molecule has 0 aliphatic rings. The molecule has 0 saturated carbocycles. The fraction of sp³-hybridized carbons (Fsp3) is 0. The van der Waals surface area contributed by atoms with E-state index in [1.54, 1.807) is 24.3 Å². The van der Waals surface area contributed by atoms with Crippen molar-refractivity contribution in [2.45, 2.75) is 0 Å². The molecule has 0 radical (unpaired) electrons. The fourth-order valence-corrected chi connectivity index (χ4v) is 2.65. The Balaban J connectivity index is 2.41. The van der Waals surface area contributed by atoms with Crippen molar-refractivity contribution in [3.05, 3.63) is 73.5 Å². The summed E-state index contributed by atoms with van der Waals surface area (Å²) >= 11 is 5.98. The molecule has 0 fully saturated rings. The predicted molar refractivity (Wildman–Crippen MR) is 90.3 cm³/mol. The lowest BCUT2D eigenvalue weighted by Crippen LogP contribution is -2.23. The largest absolute Gasteiger partial charge is 0.397 e. The van der Waals surface area contributed by atoms with E-state index in [0.717, 1.165) is 0 Å². The molecular weight excluding hydrogens is 332 g/mol. The number of halogens is 1. The van der Waals surface area contributed by atoms with Crippen LogP contribution in [0.2, 0.25) is 5.02 Å². The van der Waals surface area contributed by atoms with Gasteiger partial charge in [0.15, 0.2) is 0 Å². The molecule has 0 atom stereocenters. The molecule has 2 aromatic carbocycles. The number of hydrogen-bond acceptors (Lipinski definition) is 5. The van der Waals surface area contributed by atoms with Gasteiger partial charge in [0.1, 0.15) is 11.6 Å². The van der Waals surface area contributed by atoms with Crippen molar-refractivity contribution in [3.8, 4) is 11.8 Å². The lowest BCUT2D eigenvalue weighted by Gasteiger charge is -2.13. The van der Waals surface area contributed by atoms with Crippen LogP contribution < -0.4 is 11.3 Å². The number of nitrogens with zero attached hydrogens (tertiary/aromatic N) is 3. The summed E-state index contributed by atoms with van der Waals surface area (Å²) in [5, 5.41) is 20.9. The summed E-state index contributed by atoms with van der Waals surface area (Å²) in [5.41, 5.74) is 5.91. The average Bonchev–Trinajstić information content (AvgIpc) is 2.56. The minimum atomic E-state index is -0.598. The smallest absolute Gasteiger partial charge is 0.275 e. The highest BCUT2D eigenvalue weighted by Crippen LogP contribution is 2.27. The first-order valence-corrected chi connectivity index (χ1v) is 7.10. The van der Waals surface area contributed by atoms with Crippen molar-refractivity contribution in [3.63, 3.8) is 0 Å². The van der Waals surface area contributed by atoms with Crippen LogP contribution in [-0.2, 0) is 0 Å². The molecule has 0 spiro atoms. The maximum atomic E-state index is 12.6. The Hall–Kier alpha value is -3.37. The zero-order valence-electron chi connectivity index (χ0n) is 12.1. The molecule has 2 N–H and O–H groups in total. The zero-order valence-corrected chi connectivity index (χ0v) is 12.8. The quantitative estimate of drug-likeness (QED) is 0.568. The monoisotopic (exact) mass is 340 g/mol. The van der Waals surface area contributed by atoms with Crippen LogP contribution in [0, 0.1) is 21.4 Å². The second-order valence-corrected chi connectivity index (χ2v) is 5.41. The van der Waals surface area contributed by atoms with Crippen molar-refractivity contribution >= 4 is 33.9 Å². The topological polar surface area (TPSA) is 115 Å². The van der Waals surface area contributed by atoms with Gasteiger partial charge in [0.25, 0.3) is 11.2 Å². The van der Waals surface area contributed by atoms with Gasteiger partial charge in [-0.25, -0.2) is 0 Å². The molecule has 24 heavy (non-hydrogen) atoms. The molecule has 1 heterocycles. The lowest BCUT2D eigenvalue weighted by molar-refractivity contribution is -0.384. The number of non-ortho nitro benzene ring substituents is 1. The summed E-state index contributed by atoms with van der Waals surface area (Å²) in [6.07, 6.45) is 0. The van der Waals surface area contributed by atoms with Gasteiger partial charge >= 0.3 is 0 Å². The van der Waals surface area contributed by atoms with E-state index in [1.165, 1.54) is 28.8 Å². The van der Waals surface area contributed by atoms with Crippen LogP contribution >= 0.6 is 11.6 Å². The highest BCUT2D eigenvalue weighted by atomic mass is 35.5. The zero-order chi connectivity index (χ0) is 17.4. The Bertz CT molecular complexity index is 1080. The summed E-state index contributed by atoms with van der Waals surface area (Å²) in [5.74, 6) is 0. The molecule has 7 nitrogen and oxygen atoms in total. The van der Waals surface area contributed by atoms with Crippen LogP contribution in [0.25, 0.3) is 16.6 Å². The van der Waals surface area contributed by atoms with Crippen LogP contribution in [-0.4, -0.2) is 9.49 Å². The molecule has 0 aliphatic heterocycles. The average molecular weight is 341 g/mol. The van der Waals surface area contributed by atoms with Gasteiger partial charge in [0.05, 0.1) is 16.1 Å². The van der Waals surface area contributed by atoms with Crippen molar-refractivity contribution in [1.82, 2.24) is 4.57 Å². The first-order valence-electron chi connectivity index (χ1n) is 6.72. The van der Waals surface area contributed by atoms with Crippen LogP contribution in [0.5, 0.6) is 0 Å². The van der Waals surface area contributed by atoms with E-state index < -0.39 is 10.5 Å². The summed E-state index contributed by atoms with van der Waals surface area (Å²) in [6, 6.07) is 12.0. The summed E-state index contributed by atoms with van der Waals surface area (Å²) in [6.45, 7) is 0. The van der Waals surface area contributed by atoms with Crippen molar-refractivity contribution in [2.75, 3.05) is 5.73 Å². The number of rotatable bonds is 2. The van der Waals surface area contributed by atoms with Crippen molar-refractivity contribution < 1.29 is 4.92 Å². The number of nitro benzene ring substituents is 1. The molecule has 1 aromatic heterocycles. The standard InChI is InChI=1S/C16H9ClN4O3/c17-9-1-6-14-12(7-9)15(19)13(8-18)16(22)20(14)10-2-4-11(5-3-10)21(23)24/h1-7H,19H2. The number of fused-ring (bicyclic) bond motifs is 1. The Labute approximate surface area is 140 Å². The SMILES string of the molecule is N#Cc1c(N)c2cc(Cl)ccc2n(-c2ccc([N+](=O)[O-])cc2)c1=O. The van der Waals surface area contributed by atoms with Gasteiger partial charge in [-0.1, -0.05) is 11.6 Å². The van der Waals surface area contributed by atoms with Gasteiger partial charge in [-0.05, 0) is 30.3 Å². The highest BCUT2D eigenvalue weighted by Gasteiger charge is 2.16. The van der Waals surface area contributed by atoms with Gasteiger partial charge in [0, 0.05) is 28.2 Å². The number of nitrogen functional groups attached to an aromatic ring is 1. The lowest BCUT2D eigenvalue weighted by atomic mass is 10.1. The molecule has 0 saturated heterocycles. The maximum Gasteiger partial charge on any atom is 0.275 e. The van der Waals surface area contributed by atoms with E-state index >= 15 is 0 Å². The second kappa shape index (κ2) is 5.68. The van der Waals surface area contributed by atoms with Crippen molar-refractivity contribution in [1.29, 1.82) is 5.26 Å². The van der Waals surface area contributed by atoms with Crippen LogP contribution in [0.4, 0.5) is 11.4 Å². The number of nitro groups is 1. The van der Waals surface area contributed by atoms with E-state index in [1.807, 2.05) is 0 Å². The first kappa shape index (κ1) is 15.5. The molecule has 3 rings (SSSR count). The molecule has 0 amide bonds. The maximum absolute atomic E-state index is 12.6. The fourth-order valence-electron chi connectivity index (χ4n) is 2.48.